The first-order chi connectivity index (χ1) is 9.81. The van der Waals surface area contributed by atoms with Gasteiger partial charge < -0.3 is 10.4 Å². The van der Waals surface area contributed by atoms with Gasteiger partial charge in [0, 0.05) is 10.2 Å². The Hall–Kier alpha value is -1.41. The molecule has 1 heterocycles. The first-order valence-corrected chi connectivity index (χ1v) is 8.87. The SMILES string of the molecule is O=C(O)c1cc(NC(=O)C2CCCCS2(=O)=O)ccc1Br. The number of anilines is 1. The molecular weight excluding hydrogens is 362 g/mol. The average Bonchev–Trinajstić information content (AvgIpc) is 2.40. The van der Waals surface area contributed by atoms with Crippen LogP contribution in [-0.2, 0) is 14.6 Å². The van der Waals surface area contributed by atoms with E-state index >= 15 is 0 Å². The van der Waals surface area contributed by atoms with E-state index in [4.69, 9.17) is 5.11 Å². The highest BCUT2D eigenvalue weighted by atomic mass is 79.9. The molecule has 1 atom stereocenters. The van der Waals surface area contributed by atoms with Crippen molar-refractivity contribution in [3.05, 3.63) is 28.2 Å². The Morgan fingerprint density at radius 3 is 2.62 bits per heavy atom. The van der Waals surface area contributed by atoms with Crippen LogP contribution in [0.2, 0.25) is 0 Å². The van der Waals surface area contributed by atoms with Crippen LogP contribution in [-0.4, -0.2) is 36.4 Å². The molecule has 0 saturated carbocycles. The molecule has 1 fully saturated rings. The van der Waals surface area contributed by atoms with Crippen LogP contribution in [0.4, 0.5) is 5.69 Å². The third-order valence-electron chi connectivity index (χ3n) is 3.34. The number of carbonyl (C=O) groups is 2. The van der Waals surface area contributed by atoms with Gasteiger partial charge in [-0.05, 0) is 47.0 Å². The number of rotatable bonds is 3. The van der Waals surface area contributed by atoms with Crippen molar-refractivity contribution in [3.8, 4) is 0 Å². The minimum Gasteiger partial charge on any atom is -0.478 e. The van der Waals surface area contributed by atoms with Gasteiger partial charge in [-0.1, -0.05) is 6.42 Å². The number of hydrogen-bond donors (Lipinski definition) is 2. The van der Waals surface area contributed by atoms with Crippen LogP contribution in [0.25, 0.3) is 0 Å². The fourth-order valence-corrected chi connectivity index (χ4v) is 4.46. The molecule has 1 aliphatic heterocycles. The summed E-state index contributed by atoms with van der Waals surface area (Å²) in [5.41, 5.74) is 0.265. The lowest BCUT2D eigenvalue weighted by Crippen LogP contribution is -2.39. The minimum atomic E-state index is -3.42. The van der Waals surface area contributed by atoms with Gasteiger partial charge in [-0.2, -0.15) is 0 Å². The van der Waals surface area contributed by atoms with E-state index in [0.717, 1.165) is 0 Å². The van der Waals surface area contributed by atoms with Gasteiger partial charge in [-0.25, -0.2) is 13.2 Å². The van der Waals surface area contributed by atoms with Gasteiger partial charge >= 0.3 is 5.97 Å². The molecule has 114 valence electrons. The summed E-state index contributed by atoms with van der Waals surface area (Å²) < 4.78 is 24.1. The van der Waals surface area contributed by atoms with Crippen LogP contribution in [0, 0.1) is 0 Å². The van der Waals surface area contributed by atoms with Crippen molar-refractivity contribution >= 4 is 43.3 Å². The lowest BCUT2D eigenvalue weighted by Gasteiger charge is -2.21. The molecule has 0 aliphatic carbocycles. The Morgan fingerprint density at radius 2 is 2.00 bits per heavy atom. The number of amides is 1. The third kappa shape index (κ3) is 3.62. The van der Waals surface area contributed by atoms with Crippen LogP contribution in [0.5, 0.6) is 0 Å². The quantitative estimate of drug-likeness (QED) is 0.841. The molecule has 8 heteroatoms. The fourth-order valence-electron chi connectivity index (χ4n) is 2.24. The van der Waals surface area contributed by atoms with Crippen molar-refractivity contribution in [2.45, 2.75) is 24.5 Å². The zero-order valence-electron chi connectivity index (χ0n) is 11.0. The number of carboxylic acids is 1. The second kappa shape index (κ2) is 6.15. The van der Waals surface area contributed by atoms with Crippen LogP contribution in [0.1, 0.15) is 29.6 Å². The van der Waals surface area contributed by atoms with Gasteiger partial charge in [0.1, 0.15) is 5.25 Å². The summed E-state index contributed by atoms with van der Waals surface area (Å²) in [6, 6.07) is 4.30. The van der Waals surface area contributed by atoms with Crippen molar-refractivity contribution < 1.29 is 23.1 Å². The highest BCUT2D eigenvalue weighted by Gasteiger charge is 2.34. The van der Waals surface area contributed by atoms with Crippen LogP contribution in [0.3, 0.4) is 0 Å². The van der Waals surface area contributed by atoms with E-state index in [1.165, 1.54) is 18.2 Å². The van der Waals surface area contributed by atoms with E-state index in [1.54, 1.807) is 0 Å². The molecule has 0 aromatic heterocycles. The van der Waals surface area contributed by atoms with E-state index < -0.39 is 27.0 Å². The van der Waals surface area contributed by atoms with Gasteiger partial charge in [0.15, 0.2) is 9.84 Å². The Balaban J connectivity index is 2.20. The molecule has 6 nitrogen and oxygen atoms in total. The highest BCUT2D eigenvalue weighted by molar-refractivity contribution is 9.10. The molecule has 21 heavy (non-hydrogen) atoms. The number of sulfone groups is 1. The monoisotopic (exact) mass is 375 g/mol. The van der Waals surface area contributed by atoms with Crippen molar-refractivity contribution in [3.63, 3.8) is 0 Å². The van der Waals surface area contributed by atoms with E-state index in [0.29, 0.717) is 23.7 Å². The van der Waals surface area contributed by atoms with Crippen molar-refractivity contribution in [2.75, 3.05) is 11.1 Å². The molecule has 0 bridgehead atoms. The average molecular weight is 376 g/mol. The van der Waals surface area contributed by atoms with Crippen molar-refractivity contribution in [2.24, 2.45) is 0 Å². The number of nitrogens with one attached hydrogen (secondary N) is 1. The molecule has 1 unspecified atom stereocenters. The summed E-state index contributed by atoms with van der Waals surface area (Å²) in [6.07, 6.45) is 1.57. The van der Waals surface area contributed by atoms with E-state index in [1.807, 2.05) is 0 Å². The molecule has 0 spiro atoms. The van der Waals surface area contributed by atoms with Crippen LogP contribution < -0.4 is 5.32 Å². The molecule has 0 radical (unpaired) electrons. The largest absolute Gasteiger partial charge is 0.478 e. The summed E-state index contributed by atoms with van der Waals surface area (Å²) >= 11 is 3.10. The van der Waals surface area contributed by atoms with Gasteiger partial charge in [0.05, 0.1) is 11.3 Å². The molecule has 2 N–H and O–H groups in total. The Bertz CT molecular complexity index is 686. The maximum atomic E-state index is 12.1. The second-order valence-electron chi connectivity index (χ2n) is 4.84. The maximum Gasteiger partial charge on any atom is 0.336 e. The Morgan fingerprint density at radius 1 is 1.29 bits per heavy atom. The molecule has 1 aromatic rings. The molecule has 1 aromatic carbocycles. The normalized spacial score (nSPS) is 20.7. The first-order valence-electron chi connectivity index (χ1n) is 6.36. The summed E-state index contributed by atoms with van der Waals surface area (Å²) in [6.45, 7) is 0. The molecular formula is C13H14BrNO5S. The standard InChI is InChI=1S/C13H14BrNO5S/c14-10-5-4-8(7-9(10)13(17)18)15-12(16)11-3-1-2-6-21(11,19)20/h4-5,7,11H,1-3,6H2,(H,15,16)(H,17,18). The Labute approximate surface area is 130 Å². The number of hydrogen-bond acceptors (Lipinski definition) is 4. The lowest BCUT2D eigenvalue weighted by atomic mass is 10.1. The third-order valence-corrected chi connectivity index (χ3v) is 6.20. The summed E-state index contributed by atoms with van der Waals surface area (Å²) in [4.78, 5) is 23.1. The number of halogens is 1. The Kier molecular flexibility index (Phi) is 4.67. The minimum absolute atomic E-state index is 0.000647. The zero-order chi connectivity index (χ0) is 15.6. The highest BCUT2D eigenvalue weighted by Crippen LogP contribution is 2.24. The molecule has 1 aliphatic rings. The van der Waals surface area contributed by atoms with Crippen molar-refractivity contribution in [1.82, 2.24) is 0 Å². The van der Waals surface area contributed by atoms with Crippen LogP contribution in [0.15, 0.2) is 22.7 Å². The number of aromatic carboxylic acids is 1. The topological polar surface area (TPSA) is 101 Å². The lowest BCUT2D eigenvalue weighted by molar-refractivity contribution is -0.116. The van der Waals surface area contributed by atoms with Crippen molar-refractivity contribution in [1.29, 1.82) is 0 Å². The smallest absolute Gasteiger partial charge is 0.336 e. The van der Waals surface area contributed by atoms with E-state index in [2.05, 4.69) is 21.2 Å². The maximum absolute atomic E-state index is 12.1. The zero-order valence-corrected chi connectivity index (χ0v) is 13.4. The number of carboxylic acid groups (broad SMARTS) is 1. The number of carbonyl (C=O) groups excluding carboxylic acids is 1. The van der Waals surface area contributed by atoms with Gasteiger partial charge in [0.25, 0.3) is 0 Å². The van der Waals surface area contributed by atoms with E-state index in [-0.39, 0.29) is 17.0 Å². The summed E-state index contributed by atoms with van der Waals surface area (Å²) in [7, 11) is -3.42. The first kappa shape index (κ1) is 16.0. The van der Waals surface area contributed by atoms with Gasteiger partial charge in [-0.15, -0.1) is 0 Å². The number of benzene rings is 1. The molecule has 1 saturated heterocycles. The molecule has 1 amide bonds. The van der Waals surface area contributed by atoms with E-state index in [9.17, 15) is 18.0 Å². The predicted octanol–water partition coefficient (Wildman–Crippen LogP) is 2.05. The summed E-state index contributed by atoms with van der Waals surface area (Å²) in [5.74, 6) is -1.72. The van der Waals surface area contributed by atoms with Crippen LogP contribution >= 0.6 is 15.9 Å². The van der Waals surface area contributed by atoms with Gasteiger partial charge in [0.2, 0.25) is 5.91 Å². The predicted molar refractivity (Wildman–Crippen MR) is 81.2 cm³/mol. The second-order valence-corrected chi connectivity index (χ2v) is 8.00. The molecule has 2 rings (SSSR count). The fraction of sp³-hybridized carbons (Fsp3) is 0.385. The van der Waals surface area contributed by atoms with Gasteiger partial charge in [-0.3, -0.25) is 4.79 Å². The summed E-state index contributed by atoms with van der Waals surface area (Å²) in [5, 5.41) is 10.5.